The fourth-order valence-corrected chi connectivity index (χ4v) is 9.98. The first-order valence-electron chi connectivity index (χ1n) is 24.6. The van der Waals surface area contributed by atoms with Gasteiger partial charge in [-0.15, -0.1) is 89.5 Å². The standard InChI is InChI=1S/C35H29N2O.C31H24N2.Ir/c1-21(2)25-11-7-12-26(22(3)4)33(25)37-18-17-36-35(37)29-14-8-13-28-31-19-24-16-15-23-9-5-6-10-27(23)30(24)20-32(31)38-34(28)29;1-2-11-26(12-3-1)30-20-18-24(23-33-30)17-19-25-10-4-5-13-27(25)22-28-14-6-7-15-29(28)31-16-8-9-21-32-31;/h5-13,15-22H,1-4H3;1-11,13-14,16,18,20-21,23H,17,19,22H2;/q-1;-2;+3. The Bertz CT molecular complexity index is 3770. The third kappa shape index (κ3) is 9.69. The van der Waals surface area contributed by atoms with E-state index in [1.165, 1.54) is 60.6 Å². The van der Waals surface area contributed by atoms with Gasteiger partial charge in [-0.05, 0) is 110 Å². The average Bonchev–Trinajstić information content (AvgIpc) is 4.06. The SMILES string of the molecule is CC(C)c1cccc(C(C)C)c1-n1ccnc1-c1[c-]ccc2c1oc1cc3c(ccc4ccccc43)cc12.[Ir+3].[c-]1ccccc1-c1ccc(CCc2ccccc2Cc2ccc[c-]c2-c2ccccn2)cn1. The molecule has 12 rings (SSSR count). The predicted octanol–water partition coefficient (Wildman–Crippen LogP) is 16.6. The molecular weight excluding hydrogens is 1060 g/mol. The van der Waals surface area contributed by atoms with Gasteiger partial charge in [0.2, 0.25) is 0 Å². The second-order valence-electron chi connectivity index (χ2n) is 18.8. The molecule has 352 valence electrons. The van der Waals surface area contributed by atoms with Crippen molar-refractivity contribution < 1.29 is 24.5 Å². The molecule has 8 aromatic carbocycles. The number of rotatable bonds is 11. The predicted molar refractivity (Wildman–Crippen MR) is 292 cm³/mol. The zero-order chi connectivity index (χ0) is 48.3. The van der Waals surface area contributed by atoms with Crippen molar-refractivity contribution in [3.05, 3.63) is 252 Å². The second kappa shape index (κ2) is 21.3. The first-order valence-corrected chi connectivity index (χ1v) is 24.6. The number of aromatic nitrogens is 4. The van der Waals surface area contributed by atoms with Crippen molar-refractivity contribution in [2.24, 2.45) is 0 Å². The first kappa shape index (κ1) is 47.9. The number of fused-ring (bicyclic) bond motifs is 6. The van der Waals surface area contributed by atoms with Crippen LogP contribution in [0.25, 0.3) is 83.1 Å². The van der Waals surface area contributed by atoms with Gasteiger partial charge in [0.1, 0.15) is 5.58 Å². The summed E-state index contributed by atoms with van der Waals surface area (Å²) in [7, 11) is 0. The van der Waals surface area contributed by atoms with E-state index in [1.54, 1.807) is 0 Å². The van der Waals surface area contributed by atoms with Crippen LogP contribution in [0.3, 0.4) is 0 Å². The van der Waals surface area contributed by atoms with Crippen LogP contribution in [-0.4, -0.2) is 19.5 Å². The minimum atomic E-state index is 0. The van der Waals surface area contributed by atoms with E-state index in [2.05, 4.69) is 188 Å². The number of furan rings is 1. The molecule has 0 atom stereocenters. The molecular formula is C66H53IrN4O. The van der Waals surface area contributed by atoms with Crippen molar-refractivity contribution in [1.29, 1.82) is 0 Å². The van der Waals surface area contributed by atoms with Crippen molar-refractivity contribution in [3.63, 3.8) is 0 Å². The molecule has 0 bridgehead atoms. The van der Waals surface area contributed by atoms with E-state index in [4.69, 9.17) is 9.40 Å². The number of aryl methyl sites for hydroxylation is 2. The second-order valence-corrected chi connectivity index (χ2v) is 18.8. The van der Waals surface area contributed by atoms with Gasteiger partial charge in [-0.3, -0.25) is 4.98 Å². The Labute approximate surface area is 435 Å². The van der Waals surface area contributed by atoms with Crippen molar-refractivity contribution in [2.45, 2.75) is 58.8 Å². The van der Waals surface area contributed by atoms with Crippen LogP contribution < -0.4 is 0 Å². The minimum Gasteiger partial charge on any atom is -0.501 e. The van der Waals surface area contributed by atoms with Gasteiger partial charge in [0.25, 0.3) is 0 Å². The summed E-state index contributed by atoms with van der Waals surface area (Å²) in [5.41, 5.74) is 15.6. The van der Waals surface area contributed by atoms with Crippen LogP contribution in [0, 0.1) is 18.2 Å². The number of nitrogens with zero attached hydrogens (tertiary/aromatic N) is 4. The fourth-order valence-electron chi connectivity index (χ4n) is 9.98. The number of hydrogen-bond acceptors (Lipinski definition) is 4. The molecule has 0 saturated carbocycles. The summed E-state index contributed by atoms with van der Waals surface area (Å²) in [5, 5.41) is 7.08. The van der Waals surface area contributed by atoms with E-state index < -0.39 is 0 Å². The van der Waals surface area contributed by atoms with Crippen molar-refractivity contribution >= 4 is 43.5 Å². The zero-order valence-electron chi connectivity index (χ0n) is 40.9. The largest absolute Gasteiger partial charge is 3.00 e. The monoisotopic (exact) mass is 1110 g/mol. The summed E-state index contributed by atoms with van der Waals surface area (Å²) in [4.78, 5) is 14.0. The van der Waals surface area contributed by atoms with Crippen LogP contribution in [0.5, 0.6) is 0 Å². The van der Waals surface area contributed by atoms with E-state index in [9.17, 15) is 0 Å². The van der Waals surface area contributed by atoms with E-state index in [0.717, 1.165) is 75.1 Å². The normalized spacial score (nSPS) is 11.4. The topological polar surface area (TPSA) is 56.7 Å². The molecule has 0 unspecified atom stereocenters. The molecule has 0 aliphatic heterocycles. The van der Waals surface area contributed by atoms with Crippen molar-refractivity contribution in [1.82, 2.24) is 19.5 Å². The summed E-state index contributed by atoms with van der Waals surface area (Å²) >= 11 is 0. The van der Waals surface area contributed by atoms with E-state index in [0.29, 0.717) is 11.8 Å². The zero-order valence-corrected chi connectivity index (χ0v) is 43.3. The van der Waals surface area contributed by atoms with Gasteiger partial charge in [0, 0.05) is 35.9 Å². The summed E-state index contributed by atoms with van der Waals surface area (Å²) in [6.45, 7) is 9.00. The molecule has 0 aliphatic carbocycles. The van der Waals surface area contributed by atoms with Crippen LogP contribution in [-0.2, 0) is 39.4 Å². The molecule has 4 aromatic heterocycles. The summed E-state index contributed by atoms with van der Waals surface area (Å²) < 4.78 is 8.86. The Morgan fingerprint density at radius 1 is 0.514 bits per heavy atom. The van der Waals surface area contributed by atoms with E-state index >= 15 is 0 Å². The summed E-state index contributed by atoms with van der Waals surface area (Å²) in [5.74, 6) is 1.61. The molecule has 0 N–H and O–H groups in total. The maximum Gasteiger partial charge on any atom is 3.00 e. The van der Waals surface area contributed by atoms with Gasteiger partial charge in [0.05, 0.1) is 11.4 Å². The van der Waals surface area contributed by atoms with Gasteiger partial charge in [-0.25, -0.2) is 0 Å². The summed E-state index contributed by atoms with van der Waals surface area (Å²) in [6.07, 6.45) is 10.6. The maximum absolute atomic E-state index is 6.63. The fraction of sp³-hybridized carbons (Fsp3) is 0.136. The molecule has 12 aromatic rings. The first-order chi connectivity index (χ1) is 34.9. The molecule has 5 nitrogen and oxygen atoms in total. The Balaban J connectivity index is 0.000000165. The number of benzene rings is 8. The molecule has 0 saturated heterocycles. The number of imidazole rings is 1. The molecule has 6 heteroatoms. The number of pyridine rings is 2. The van der Waals surface area contributed by atoms with Crippen molar-refractivity contribution in [2.75, 3.05) is 0 Å². The molecule has 0 fully saturated rings. The maximum atomic E-state index is 6.63. The van der Waals surface area contributed by atoms with Crippen LogP contribution in [0.2, 0.25) is 0 Å². The minimum absolute atomic E-state index is 0. The van der Waals surface area contributed by atoms with Gasteiger partial charge >= 0.3 is 20.1 Å². The van der Waals surface area contributed by atoms with Gasteiger partial charge in [-0.2, -0.15) is 0 Å². The third-order valence-corrected chi connectivity index (χ3v) is 13.6. The molecule has 72 heavy (non-hydrogen) atoms. The Morgan fingerprint density at radius 3 is 2.04 bits per heavy atom. The van der Waals surface area contributed by atoms with Gasteiger partial charge in [0.15, 0.2) is 0 Å². The van der Waals surface area contributed by atoms with Gasteiger partial charge < -0.3 is 19.0 Å². The van der Waals surface area contributed by atoms with Crippen molar-refractivity contribution in [3.8, 4) is 39.6 Å². The molecule has 0 spiro atoms. The smallest absolute Gasteiger partial charge is 0.501 e. The molecule has 0 radical (unpaired) electrons. The molecule has 0 amide bonds. The summed E-state index contributed by atoms with van der Waals surface area (Å²) in [6, 6.07) is 71.4. The van der Waals surface area contributed by atoms with Crippen LogP contribution in [0.15, 0.2) is 205 Å². The van der Waals surface area contributed by atoms with E-state index in [1.807, 2.05) is 73.2 Å². The molecule has 0 aliphatic rings. The number of hydrogen-bond donors (Lipinski definition) is 0. The number of para-hydroxylation sites is 1. The Kier molecular flexibility index (Phi) is 14.2. The Hall–Kier alpha value is -7.76. The third-order valence-electron chi connectivity index (χ3n) is 13.6. The Morgan fingerprint density at radius 2 is 1.26 bits per heavy atom. The van der Waals surface area contributed by atoms with Crippen LogP contribution in [0.1, 0.15) is 72.9 Å². The molecule has 4 heterocycles. The average molecular weight is 1110 g/mol. The van der Waals surface area contributed by atoms with Crippen LogP contribution >= 0.6 is 0 Å². The van der Waals surface area contributed by atoms with Gasteiger partial charge in [-0.1, -0.05) is 142 Å². The quantitative estimate of drug-likeness (QED) is 0.0957. The van der Waals surface area contributed by atoms with Crippen LogP contribution in [0.4, 0.5) is 0 Å². The van der Waals surface area contributed by atoms with E-state index in [-0.39, 0.29) is 20.1 Å².